The molecule has 0 saturated heterocycles. The first kappa shape index (κ1) is 22.8. The summed E-state index contributed by atoms with van der Waals surface area (Å²) >= 11 is 0. The van der Waals surface area contributed by atoms with Crippen LogP contribution in [0.2, 0.25) is 0 Å². The predicted octanol–water partition coefficient (Wildman–Crippen LogP) is 2.57. The Morgan fingerprint density at radius 1 is 1.17 bits per heavy atom. The lowest BCUT2D eigenvalue weighted by atomic mass is 10.1. The Labute approximate surface area is 174 Å². The normalized spacial score (nSPS) is 12.9. The second kappa shape index (κ2) is 9.84. The highest BCUT2D eigenvalue weighted by molar-refractivity contribution is 5.97. The van der Waals surface area contributed by atoms with Crippen LogP contribution in [0.25, 0.3) is 0 Å². The molecule has 1 atom stereocenters. The molecule has 162 valence electrons. The zero-order chi connectivity index (χ0) is 22.3. The van der Waals surface area contributed by atoms with Crippen molar-refractivity contribution in [2.45, 2.75) is 32.4 Å². The Kier molecular flexibility index (Phi) is 7.48. The number of carboxylic acid groups (broad SMARTS) is 1. The summed E-state index contributed by atoms with van der Waals surface area (Å²) in [5.41, 5.74) is 6.02. The van der Waals surface area contributed by atoms with E-state index in [0.717, 1.165) is 0 Å². The SMILES string of the molecule is CCOc1cc(C(Nc2ccc(C(N)=NO)cc2)C(=O)O)ccc1OCC(C)(C)O. The Balaban J connectivity index is 2.28. The van der Waals surface area contributed by atoms with Crippen LogP contribution in [0.1, 0.15) is 37.9 Å². The molecule has 9 heteroatoms. The lowest BCUT2D eigenvalue weighted by Gasteiger charge is -2.21. The number of oxime groups is 1. The van der Waals surface area contributed by atoms with Gasteiger partial charge in [0.2, 0.25) is 0 Å². The molecule has 6 N–H and O–H groups in total. The smallest absolute Gasteiger partial charge is 0.330 e. The van der Waals surface area contributed by atoms with Gasteiger partial charge in [-0.3, -0.25) is 0 Å². The maximum absolute atomic E-state index is 11.9. The average molecular weight is 417 g/mol. The molecule has 2 aromatic rings. The van der Waals surface area contributed by atoms with Crippen molar-refractivity contribution in [3.8, 4) is 11.5 Å². The Hall–Kier alpha value is -3.46. The number of hydrogen-bond acceptors (Lipinski definition) is 7. The van der Waals surface area contributed by atoms with E-state index in [1.54, 1.807) is 56.3 Å². The van der Waals surface area contributed by atoms with Gasteiger partial charge in [-0.25, -0.2) is 4.79 Å². The van der Waals surface area contributed by atoms with Crippen LogP contribution in [0.3, 0.4) is 0 Å². The van der Waals surface area contributed by atoms with Crippen LogP contribution in [-0.2, 0) is 4.79 Å². The van der Waals surface area contributed by atoms with E-state index in [1.807, 2.05) is 6.92 Å². The van der Waals surface area contributed by atoms with Gasteiger partial charge in [-0.05, 0) is 62.7 Å². The van der Waals surface area contributed by atoms with Crippen LogP contribution in [0.5, 0.6) is 11.5 Å². The summed E-state index contributed by atoms with van der Waals surface area (Å²) < 4.78 is 11.2. The Morgan fingerprint density at radius 3 is 2.37 bits per heavy atom. The lowest BCUT2D eigenvalue weighted by molar-refractivity contribution is -0.138. The fraction of sp³-hybridized carbons (Fsp3) is 0.333. The van der Waals surface area contributed by atoms with E-state index in [-0.39, 0.29) is 12.4 Å². The van der Waals surface area contributed by atoms with Crippen LogP contribution in [0.4, 0.5) is 5.69 Å². The minimum Gasteiger partial charge on any atom is -0.490 e. The van der Waals surface area contributed by atoms with Gasteiger partial charge >= 0.3 is 5.97 Å². The Morgan fingerprint density at radius 2 is 1.83 bits per heavy atom. The molecule has 0 spiro atoms. The van der Waals surface area contributed by atoms with Crippen molar-refractivity contribution < 1.29 is 29.7 Å². The number of amidine groups is 1. The zero-order valence-electron chi connectivity index (χ0n) is 17.1. The molecule has 0 amide bonds. The molecule has 30 heavy (non-hydrogen) atoms. The number of anilines is 1. The number of nitrogens with one attached hydrogen (secondary N) is 1. The number of nitrogens with two attached hydrogens (primary N) is 1. The van der Waals surface area contributed by atoms with E-state index in [2.05, 4.69) is 10.5 Å². The number of hydrogen-bond donors (Lipinski definition) is 5. The molecule has 0 aliphatic carbocycles. The maximum atomic E-state index is 11.9. The van der Waals surface area contributed by atoms with Crippen LogP contribution in [-0.4, -0.2) is 46.0 Å². The molecule has 1 unspecified atom stereocenters. The molecule has 0 radical (unpaired) electrons. The molecule has 0 bridgehead atoms. The minimum absolute atomic E-state index is 0.0423. The van der Waals surface area contributed by atoms with Crippen molar-refractivity contribution in [3.63, 3.8) is 0 Å². The second-order valence-corrected chi connectivity index (χ2v) is 7.22. The molecule has 0 heterocycles. The lowest BCUT2D eigenvalue weighted by Crippen LogP contribution is -2.28. The zero-order valence-corrected chi connectivity index (χ0v) is 17.1. The summed E-state index contributed by atoms with van der Waals surface area (Å²) in [5.74, 6) is -0.327. The molecule has 0 fully saturated rings. The molecule has 0 aliphatic rings. The number of nitrogens with zero attached hydrogens (tertiary/aromatic N) is 1. The summed E-state index contributed by atoms with van der Waals surface area (Å²) in [5, 5.41) is 34.2. The quantitative estimate of drug-likeness (QED) is 0.172. The number of carboxylic acids is 1. The van der Waals surface area contributed by atoms with Crippen LogP contribution >= 0.6 is 0 Å². The van der Waals surface area contributed by atoms with Gasteiger partial charge in [0.15, 0.2) is 23.4 Å². The van der Waals surface area contributed by atoms with Crippen molar-refractivity contribution >= 4 is 17.5 Å². The summed E-state index contributed by atoms with van der Waals surface area (Å²) in [6.45, 7) is 5.47. The number of carbonyl (C=O) groups is 1. The first-order chi connectivity index (χ1) is 14.1. The molecule has 0 aromatic heterocycles. The first-order valence-corrected chi connectivity index (χ1v) is 9.34. The third-order valence-electron chi connectivity index (χ3n) is 4.03. The minimum atomic E-state index is -1.08. The average Bonchev–Trinajstić information content (AvgIpc) is 2.70. The van der Waals surface area contributed by atoms with E-state index in [0.29, 0.717) is 34.9 Å². The summed E-state index contributed by atoms with van der Waals surface area (Å²) in [7, 11) is 0. The van der Waals surface area contributed by atoms with Crippen molar-refractivity contribution in [1.82, 2.24) is 0 Å². The third kappa shape index (κ3) is 6.28. The molecule has 9 nitrogen and oxygen atoms in total. The highest BCUT2D eigenvalue weighted by atomic mass is 16.5. The summed E-state index contributed by atoms with van der Waals surface area (Å²) in [4.78, 5) is 11.9. The van der Waals surface area contributed by atoms with Crippen LogP contribution < -0.4 is 20.5 Å². The van der Waals surface area contributed by atoms with Crippen molar-refractivity contribution in [3.05, 3.63) is 53.6 Å². The fourth-order valence-corrected chi connectivity index (χ4v) is 2.60. The third-order valence-corrected chi connectivity index (χ3v) is 4.03. The van der Waals surface area contributed by atoms with Crippen molar-refractivity contribution in [2.75, 3.05) is 18.5 Å². The molecular formula is C21H27N3O6. The topological polar surface area (TPSA) is 147 Å². The van der Waals surface area contributed by atoms with Gasteiger partial charge in [-0.15, -0.1) is 0 Å². The van der Waals surface area contributed by atoms with E-state index in [1.165, 1.54) is 0 Å². The maximum Gasteiger partial charge on any atom is 0.330 e. The monoisotopic (exact) mass is 417 g/mol. The van der Waals surface area contributed by atoms with Crippen LogP contribution in [0, 0.1) is 0 Å². The molecular weight excluding hydrogens is 390 g/mol. The van der Waals surface area contributed by atoms with Crippen LogP contribution in [0.15, 0.2) is 47.6 Å². The molecule has 2 rings (SSSR count). The van der Waals surface area contributed by atoms with Gasteiger partial charge in [-0.2, -0.15) is 0 Å². The molecule has 0 aliphatic heterocycles. The van der Waals surface area contributed by atoms with E-state index in [4.69, 9.17) is 20.4 Å². The van der Waals surface area contributed by atoms with Gasteiger partial charge in [0.1, 0.15) is 6.61 Å². The summed E-state index contributed by atoms with van der Waals surface area (Å²) in [6.07, 6.45) is 0. The van der Waals surface area contributed by atoms with Gasteiger partial charge < -0.3 is 35.9 Å². The standard InChI is InChI=1S/C21H27N3O6/c1-4-29-17-11-14(7-10-16(17)30-12-21(2,3)27)18(20(25)26)23-15-8-5-13(6-9-15)19(22)24-28/h5-11,18,23,27-28H,4,12H2,1-3H3,(H2,22,24)(H,25,26). The fourth-order valence-electron chi connectivity index (χ4n) is 2.60. The molecule has 2 aromatic carbocycles. The second-order valence-electron chi connectivity index (χ2n) is 7.22. The number of benzene rings is 2. The van der Waals surface area contributed by atoms with Crippen molar-refractivity contribution in [1.29, 1.82) is 0 Å². The van der Waals surface area contributed by atoms with Gasteiger partial charge in [0.25, 0.3) is 0 Å². The predicted molar refractivity (Wildman–Crippen MR) is 112 cm³/mol. The molecule has 0 saturated carbocycles. The number of rotatable bonds is 10. The first-order valence-electron chi connectivity index (χ1n) is 9.34. The highest BCUT2D eigenvalue weighted by Gasteiger charge is 2.22. The van der Waals surface area contributed by atoms with E-state index >= 15 is 0 Å². The highest BCUT2D eigenvalue weighted by Crippen LogP contribution is 2.32. The van der Waals surface area contributed by atoms with Crippen molar-refractivity contribution in [2.24, 2.45) is 10.9 Å². The van der Waals surface area contributed by atoms with Gasteiger partial charge in [0.05, 0.1) is 12.2 Å². The number of aliphatic hydroxyl groups is 1. The van der Waals surface area contributed by atoms with E-state index in [9.17, 15) is 15.0 Å². The number of ether oxygens (including phenoxy) is 2. The van der Waals surface area contributed by atoms with Gasteiger partial charge in [0, 0.05) is 11.3 Å². The van der Waals surface area contributed by atoms with E-state index < -0.39 is 17.6 Å². The van der Waals surface area contributed by atoms with Gasteiger partial charge in [-0.1, -0.05) is 11.2 Å². The Bertz CT molecular complexity index is 891. The largest absolute Gasteiger partial charge is 0.490 e. The number of aliphatic carboxylic acids is 1. The summed E-state index contributed by atoms with van der Waals surface area (Å²) in [6, 6.07) is 10.3.